The molecule has 0 aromatic heterocycles. The first kappa shape index (κ1) is 63.4. The standard InChI is InChI=1S/C59H114O6/c1-6-7-8-9-10-11-22-29-34-39-44-49-57(60)63-52-56(65-59(62)51-46-41-36-31-26-21-20-24-28-33-38-43-48-55(4)5)53-64-58(61)50-45-40-35-30-25-19-17-15-13-12-14-16-18-23-27-32-37-42-47-54(2)3/h54-56H,6-53H2,1-5H3/t56-/m0/s1. The molecule has 0 bridgehead atoms. The Bertz CT molecular complexity index is 993. The van der Waals surface area contributed by atoms with Crippen molar-refractivity contribution in [2.24, 2.45) is 11.8 Å². The van der Waals surface area contributed by atoms with Crippen molar-refractivity contribution >= 4 is 17.9 Å². The third kappa shape index (κ3) is 53.2. The predicted octanol–water partition coefficient (Wildman–Crippen LogP) is 19.3. The first-order chi connectivity index (χ1) is 31.7. The Balaban J connectivity index is 4.22. The molecule has 0 heterocycles. The lowest BCUT2D eigenvalue weighted by molar-refractivity contribution is -0.167. The molecule has 0 fully saturated rings. The maximum Gasteiger partial charge on any atom is 0.306 e. The van der Waals surface area contributed by atoms with E-state index in [9.17, 15) is 14.4 Å². The van der Waals surface area contributed by atoms with Gasteiger partial charge in [-0.2, -0.15) is 0 Å². The summed E-state index contributed by atoms with van der Waals surface area (Å²) in [5, 5.41) is 0. The van der Waals surface area contributed by atoms with Crippen LogP contribution in [0.3, 0.4) is 0 Å². The highest BCUT2D eigenvalue weighted by atomic mass is 16.6. The largest absolute Gasteiger partial charge is 0.462 e. The Morgan fingerprint density at radius 2 is 0.508 bits per heavy atom. The van der Waals surface area contributed by atoms with Crippen LogP contribution in [0.4, 0.5) is 0 Å². The highest BCUT2D eigenvalue weighted by molar-refractivity contribution is 5.71. The van der Waals surface area contributed by atoms with Crippen molar-refractivity contribution in [1.29, 1.82) is 0 Å². The van der Waals surface area contributed by atoms with Crippen LogP contribution in [-0.2, 0) is 28.6 Å². The van der Waals surface area contributed by atoms with Crippen molar-refractivity contribution in [3.8, 4) is 0 Å². The first-order valence-electron chi connectivity index (χ1n) is 29.2. The lowest BCUT2D eigenvalue weighted by Gasteiger charge is -2.18. The van der Waals surface area contributed by atoms with Gasteiger partial charge in [-0.25, -0.2) is 0 Å². The maximum absolute atomic E-state index is 12.8. The third-order valence-electron chi connectivity index (χ3n) is 13.5. The Morgan fingerprint density at radius 3 is 0.754 bits per heavy atom. The van der Waals surface area contributed by atoms with Crippen LogP contribution in [0.2, 0.25) is 0 Å². The molecule has 0 radical (unpaired) electrons. The van der Waals surface area contributed by atoms with Crippen LogP contribution >= 0.6 is 0 Å². The molecule has 0 aromatic rings. The minimum Gasteiger partial charge on any atom is -0.462 e. The quantitative estimate of drug-likeness (QED) is 0.0344. The lowest BCUT2D eigenvalue weighted by atomic mass is 10.0. The second kappa shape index (κ2) is 51.8. The molecule has 386 valence electrons. The smallest absolute Gasteiger partial charge is 0.306 e. The van der Waals surface area contributed by atoms with Crippen molar-refractivity contribution < 1.29 is 28.6 Å². The summed E-state index contributed by atoms with van der Waals surface area (Å²) in [6.07, 6.45) is 55.3. The first-order valence-corrected chi connectivity index (χ1v) is 29.2. The Morgan fingerprint density at radius 1 is 0.292 bits per heavy atom. The highest BCUT2D eigenvalue weighted by Crippen LogP contribution is 2.18. The van der Waals surface area contributed by atoms with Gasteiger partial charge in [-0.15, -0.1) is 0 Å². The highest BCUT2D eigenvalue weighted by Gasteiger charge is 2.19. The molecule has 0 saturated carbocycles. The Kier molecular flexibility index (Phi) is 50.5. The van der Waals surface area contributed by atoms with E-state index in [1.807, 2.05) is 0 Å². The van der Waals surface area contributed by atoms with Crippen LogP contribution in [0.15, 0.2) is 0 Å². The zero-order chi connectivity index (χ0) is 47.5. The molecule has 6 nitrogen and oxygen atoms in total. The van der Waals surface area contributed by atoms with Crippen molar-refractivity contribution in [3.05, 3.63) is 0 Å². The van der Waals surface area contributed by atoms with Crippen molar-refractivity contribution in [2.45, 2.75) is 336 Å². The maximum atomic E-state index is 12.8. The number of carbonyl (C=O) groups is 3. The number of rotatable bonds is 53. The zero-order valence-corrected chi connectivity index (χ0v) is 44.6. The van der Waals surface area contributed by atoms with Crippen LogP contribution in [0.1, 0.15) is 330 Å². The Hall–Kier alpha value is -1.59. The number of carbonyl (C=O) groups excluding carboxylic acids is 3. The van der Waals surface area contributed by atoms with Crippen LogP contribution < -0.4 is 0 Å². The van der Waals surface area contributed by atoms with Crippen LogP contribution in [0, 0.1) is 11.8 Å². The van der Waals surface area contributed by atoms with Gasteiger partial charge in [0.05, 0.1) is 0 Å². The van der Waals surface area contributed by atoms with E-state index in [2.05, 4.69) is 34.6 Å². The van der Waals surface area contributed by atoms with E-state index in [-0.39, 0.29) is 31.1 Å². The van der Waals surface area contributed by atoms with E-state index in [0.717, 1.165) is 69.6 Å². The summed E-state index contributed by atoms with van der Waals surface area (Å²) < 4.78 is 16.9. The summed E-state index contributed by atoms with van der Waals surface area (Å²) in [4.78, 5) is 38.1. The molecule has 6 heteroatoms. The van der Waals surface area contributed by atoms with Gasteiger partial charge < -0.3 is 14.2 Å². The van der Waals surface area contributed by atoms with Gasteiger partial charge in [0.2, 0.25) is 0 Å². The fraction of sp³-hybridized carbons (Fsp3) is 0.949. The van der Waals surface area contributed by atoms with Crippen LogP contribution in [-0.4, -0.2) is 37.2 Å². The second-order valence-corrected chi connectivity index (χ2v) is 21.2. The number of unbranched alkanes of at least 4 members (excludes halogenated alkanes) is 38. The van der Waals surface area contributed by atoms with Gasteiger partial charge in [0, 0.05) is 19.3 Å². The summed E-state index contributed by atoms with van der Waals surface area (Å²) >= 11 is 0. The topological polar surface area (TPSA) is 78.9 Å². The van der Waals surface area contributed by atoms with Crippen molar-refractivity contribution in [1.82, 2.24) is 0 Å². The molecule has 0 N–H and O–H groups in total. The number of esters is 3. The second-order valence-electron chi connectivity index (χ2n) is 21.2. The molecule has 0 aliphatic rings. The molecule has 65 heavy (non-hydrogen) atoms. The van der Waals surface area contributed by atoms with Crippen LogP contribution in [0.5, 0.6) is 0 Å². The van der Waals surface area contributed by atoms with Gasteiger partial charge in [-0.1, -0.05) is 291 Å². The summed E-state index contributed by atoms with van der Waals surface area (Å²) in [7, 11) is 0. The zero-order valence-electron chi connectivity index (χ0n) is 44.6. The minimum atomic E-state index is -0.762. The molecule has 0 spiro atoms. The van der Waals surface area contributed by atoms with E-state index < -0.39 is 6.10 Å². The normalized spacial score (nSPS) is 12.0. The third-order valence-corrected chi connectivity index (χ3v) is 13.5. The summed E-state index contributed by atoms with van der Waals surface area (Å²) in [6, 6.07) is 0. The molecule has 1 atom stereocenters. The molecular weight excluding hydrogens is 805 g/mol. The Labute approximate surface area is 406 Å². The molecule has 0 aliphatic carbocycles. The van der Waals surface area contributed by atoms with E-state index >= 15 is 0 Å². The molecule has 0 amide bonds. The summed E-state index contributed by atoms with van der Waals surface area (Å²) in [6.45, 7) is 11.4. The minimum absolute atomic E-state index is 0.0626. The van der Waals surface area contributed by atoms with Crippen LogP contribution in [0.25, 0.3) is 0 Å². The predicted molar refractivity (Wildman–Crippen MR) is 280 cm³/mol. The van der Waals surface area contributed by atoms with Gasteiger partial charge >= 0.3 is 17.9 Å². The average molecular weight is 920 g/mol. The van der Waals surface area contributed by atoms with Gasteiger partial charge in [0.15, 0.2) is 6.10 Å². The van der Waals surface area contributed by atoms with E-state index in [4.69, 9.17) is 14.2 Å². The number of hydrogen-bond acceptors (Lipinski definition) is 6. The van der Waals surface area contributed by atoms with E-state index in [0.29, 0.717) is 19.3 Å². The lowest BCUT2D eigenvalue weighted by Crippen LogP contribution is -2.30. The van der Waals surface area contributed by atoms with Gasteiger partial charge in [-0.3, -0.25) is 14.4 Å². The number of hydrogen-bond donors (Lipinski definition) is 0. The molecule has 0 aliphatic heterocycles. The fourth-order valence-electron chi connectivity index (χ4n) is 9.05. The molecular formula is C59H114O6. The van der Waals surface area contributed by atoms with Crippen molar-refractivity contribution in [2.75, 3.05) is 13.2 Å². The van der Waals surface area contributed by atoms with E-state index in [1.165, 1.54) is 218 Å². The molecule has 0 aromatic carbocycles. The monoisotopic (exact) mass is 919 g/mol. The summed E-state index contributed by atoms with van der Waals surface area (Å²) in [5.41, 5.74) is 0. The summed E-state index contributed by atoms with van der Waals surface area (Å²) in [5.74, 6) is 0.852. The van der Waals surface area contributed by atoms with Gasteiger partial charge in [0.1, 0.15) is 13.2 Å². The molecule has 0 saturated heterocycles. The number of ether oxygens (including phenoxy) is 3. The van der Waals surface area contributed by atoms with Gasteiger partial charge in [0.25, 0.3) is 0 Å². The van der Waals surface area contributed by atoms with Gasteiger partial charge in [-0.05, 0) is 31.1 Å². The molecule has 0 rings (SSSR count). The molecule has 0 unspecified atom stereocenters. The van der Waals surface area contributed by atoms with Crippen molar-refractivity contribution in [3.63, 3.8) is 0 Å². The fourth-order valence-corrected chi connectivity index (χ4v) is 9.05. The van der Waals surface area contributed by atoms with E-state index in [1.54, 1.807) is 0 Å². The SMILES string of the molecule is CCCCCCCCCCCCCC(=O)OC[C@@H](COC(=O)CCCCCCCCCCCCCCCCCCCCC(C)C)OC(=O)CCCCCCCCCCCCCCC(C)C. The average Bonchev–Trinajstić information content (AvgIpc) is 3.28.